The van der Waals surface area contributed by atoms with Gasteiger partial charge in [0.15, 0.2) is 0 Å². The zero-order valence-corrected chi connectivity index (χ0v) is 11.0. The van der Waals surface area contributed by atoms with Gasteiger partial charge in [0.05, 0.1) is 0 Å². The van der Waals surface area contributed by atoms with Gasteiger partial charge in [-0.2, -0.15) is 0 Å². The predicted octanol–water partition coefficient (Wildman–Crippen LogP) is 3.42. The number of rotatable bonds is 2. The molecule has 0 radical (unpaired) electrons. The van der Waals surface area contributed by atoms with Crippen molar-refractivity contribution in [3.63, 3.8) is 0 Å². The normalized spacial score (nSPS) is 21.8. The van der Waals surface area contributed by atoms with Crippen molar-refractivity contribution < 1.29 is 9.84 Å². The third-order valence-electron chi connectivity index (χ3n) is 3.73. The van der Waals surface area contributed by atoms with Gasteiger partial charge in [-0.25, -0.2) is 0 Å². The standard InChI is InChI=1S/C17H18O2/c1-12-6-9-14(10-7-12)19-16-11-8-13-4-2-3-5-15(13)17(16)18/h2-7,9-10,16-18H,8,11H2,1H3. The van der Waals surface area contributed by atoms with Gasteiger partial charge in [0.2, 0.25) is 0 Å². The van der Waals surface area contributed by atoms with Crippen LogP contribution in [0.25, 0.3) is 0 Å². The molecular weight excluding hydrogens is 236 g/mol. The largest absolute Gasteiger partial charge is 0.487 e. The first kappa shape index (κ1) is 12.2. The van der Waals surface area contributed by atoms with E-state index in [0.29, 0.717) is 0 Å². The zero-order valence-electron chi connectivity index (χ0n) is 11.0. The third-order valence-corrected chi connectivity index (χ3v) is 3.73. The maximum atomic E-state index is 10.4. The molecule has 0 aliphatic heterocycles. The Morgan fingerprint density at radius 1 is 1.05 bits per heavy atom. The summed E-state index contributed by atoms with van der Waals surface area (Å²) in [6, 6.07) is 16.0. The van der Waals surface area contributed by atoms with Crippen LogP contribution in [0.3, 0.4) is 0 Å². The molecule has 2 aromatic carbocycles. The molecule has 0 fully saturated rings. The molecule has 0 spiro atoms. The maximum Gasteiger partial charge on any atom is 0.129 e. The van der Waals surface area contributed by atoms with E-state index >= 15 is 0 Å². The minimum Gasteiger partial charge on any atom is -0.487 e. The number of ether oxygens (including phenoxy) is 1. The van der Waals surface area contributed by atoms with Crippen molar-refractivity contribution in [2.75, 3.05) is 0 Å². The first-order chi connectivity index (χ1) is 9.24. The quantitative estimate of drug-likeness (QED) is 0.889. The predicted molar refractivity (Wildman–Crippen MR) is 75.3 cm³/mol. The average molecular weight is 254 g/mol. The molecule has 98 valence electrons. The fraction of sp³-hybridized carbons (Fsp3) is 0.294. The van der Waals surface area contributed by atoms with Crippen molar-refractivity contribution in [1.82, 2.24) is 0 Å². The number of aliphatic hydroxyl groups excluding tert-OH is 1. The van der Waals surface area contributed by atoms with Crippen molar-refractivity contribution in [1.29, 1.82) is 0 Å². The van der Waals surface area contributed by atoms with E-state index in [1.165, 1.54) is 11.1 Å². The highest BCUT2D eigenvalue weighted by molar-refractivity contribution is 5.33. The van der Waals surface area contributed by atoms with E-state index < -0.39 is 6.10 Å². The van der Waals surface area contributed by atoms with Crippen molar-refractivity contribution in [2.24, 2.45) is 0 Å². The number of aryl methyl sites for hydroxylation is 2. The third kappa shape index (κ3) is 2.49. The van der Waals surface area contributed by atoms with Gasteiger partial charge in [-0.05, 0) is 43.0 Å². The molecule has 0 aromatic heterocycles. The second kappa shape index (κ2) is 5.06. The summed E-state index contributed by atoms with van der Waals surface area (Å²) < 4.78 is 5.93. The molecule has 2 unspecified atom stereocenters. The number of benzene rings is 2. The molecular formula is C17H18O2. The summed E-state index contributed by atoms with van der Waals surface area (Å²) in [5.41, 5.74) is 3.45. The smallest absolute Gasteiger partial charge is 0.129 e. The van der Waals surface area contributed by atoms with Gasteiger partial charge in [-0.15, -0.1) is 0 Å². The van der Waals surface area contributed by atoms with Gasteiger partial charge in [-0.1, -0.05) is 42.0 Å². The Bertz CT molecular complexity index is 560. The highest BCUT2D eigenvalue weighted by Gasteiger charge is 2.29. The summed E-state index contributed by atoms with van der Waals surface area (Å²) in [6.07, 6.45) is 1.12. The lowest BCUT2D eigenvalue weighted by molar-refractivity contribution is 0.0230. The van der Waals surface area contributed by atoms with E-state index in [1.807, 2.05) is 42.5 Å². The van der Waals surface area contributed by atoms with Crippen molar-refractivity contribution >= 4 is 0 Å². The molecule has 2 heteroatoms. The Morgan fingerprint density at radius 3 is 2.58 bits per heavy atom. The minimum atomic E-state index is -0.536. The van der Waals surface area contributed by atoms with E-state index in [9.17, 15) is 5.11 Å². The van der Waals surface area contributed by atoms with Crippen molar-refractivity contribution in [3.05, 3.63) is 65.2 Å². The molecule has 2 atom stereocenters. The number of fused-ring (bicyclic) bond motifs is 1. The molecule has 0 saturated carbocycles. The Morgan fingerprint density at radius 2 is 1.79 bits per heavy atom. The summed E-state index contributed by atoms with van der Waals surface area (Å²) in [5.74, 6) is 0.828. The Kier molecular flexibility index (Phi) is 3.26. The summed E-state index contributed by atoms with van der Waals surface area (Å²) in [7, 11) is 0. The van der Waals surface area contributed by atoms with E-state index in [-0.39, 0.29) is 6.10 Å². The molecule has 2 aromatic rings. The van der Waals surface area contributed by atoms with Crippen LogP contribution in [0.1, 0.15) is 29.2 Å². The van der Waals surface area contributed by atoms with Gasteiger partial charge >= 0.3 is 0 Å². The van der Waals surface area contributed by atoms with Crippen LogP contribution in [-0.4, -0.2) is 11.2 Å². The van der Waals surface area contributed by atoms with Gasteiger partial charge < -0.3 is 9.84 Å². The molecule has 2 nitrogen and oxygen atoms in total. The van der Waals surface area contributed by atoms with Crippen LogP contribution in [0, 0.1) is 6.92 Å². The second-order valence-electron chi connectivity index (χ2n) is 5.15. The van der Waals surface area contributed by atoms with Crippen LogP contribution < -0.4 is 4.74 Å². The summed E-state index contributed by atoms with van der Waals surface area (Å²) in [4.78, 5) is 0. The fourth-order valence-corrected chi connectivity index (χ4v) is 2.62. The Labute approximate surface area is 113 Å². The first-order valence-corrected chi connectivity index (χ1v) is 6.73. The van der Waals surface area contributed by atoms with Crippen LogP contribution in [-0.2, 0) is 6.42 Å². The SMILES string of the molecule is Cc1ccc(OC2CCc3ccccc3C2O)cc1. The van der Waals surface area contributed by atoms with Crippen LogP contribution >= 0.6 is 0 Å². The lowest BCUT2D eigenvalue weighted by atomic mass is 9.87. The van der Waals surface area contributed by atoms with E-state index in [0.717, 1.165) is 24.2 Å². The summed E-state index contributed by atoms with van der Waals surface area (Å²) in [6.45, 7) is 2.05. The van der Waals surface area contributed by atoms with Crippen molar-refractivity contribution in [3.8, 4) is 5.75 Å². The molecule has 1 aliphatic rings. The topological polar surface area (TPSA) is 29.5 Å². The Hall–Kier alpha value is -1.80. The van der Waals surface area contributed by atoms with E-state index in [4.69, 9.17) is 4.74 Å². The molecule has 19 heavy (non-hydrogen) atoms. The van der Waals surface area contributed by atoms with Gasteiger partial charge in [0.25, 0.3) is 0 Å². The average Bonchev–Trinajstić information content (AvgIpc) is 2.45. The van der Waals surface area contributed by atoms with E-state index in [1.54, 1.807) is 0 Å². The molecule has 0 bridgehead atoms. The monoisotopic (exact) mass is 254 g/mol. The molecule has 0 heterocycles. The Balaban J connectivity index is 1.79. The lowest BCUT2D eigenvalue weighted by Crippen LogP contribution is -2.30. The van der Waals surface area contributed by atoms with Gasteiger partial charge in [0.1, 0.15) is 18.0 Å². The van der Waals surface area contributed by atoms with E-state index in [2.05, 4.69) is 13.0 Å². The molecule has 1 N–H and O–H groups in total. The zero-order chi connectivity index (χ0) is 13.2. The first-order valence-electron chi connectivity index (χ1n) is 6.73. The van der Waals surface area contributed by atoms with Crippen molar-refractivity contribution in [2.45, 2.75) is 32.0 Å². The molecule has 1 aliphatic carbocycles. The number of aliphatic hydroxyl groups is 1. The highest BCUT2D eigenvalue weighted by Crippen LogP contribution is 2.32. The van der Waals surface area contributed by atoms with Gasteiger partial charge in [0, 0.05) is 0 Å². The molecule has 0 amide bonds. The summed E-state index contributed by atoms with van der Waals surface area (Å²) in [5, 5.41) is 10.4. The lowest BCUT2D eigenvalue weighted by Gasteiger charge is -2.30. The minimum absolute atomic E-state index is 0.155. The fourth-order valence-electron chi connectivity index (χ4n) is 2.62. The van der Waals surface area contributed by atoms with Crippen LogP contribution in [0.15, 0.2) is 48.5 Å². The number of hydrogen-bond acceptors (Lipinski definition) is 2. The van der Waals surface area contributed by atoms with Crippen LogP contribution in [0.4, 0.5) is 0 Å². The van der Waals surface area contributed by atoms with Crippen LogP contribution in [0.2, 0.25) is 0 Å². The van der Waals surface area contributed by atoms with Crippen LogP contribution in [0.5, 0.6) is 5.75 Å². The summed E-state index contributed by atoms with van der Waals surface area (Å²) >= 11 is 0. The molecule has 0 saturated heterocycles. The number of hydrogen-bond donors (Lipinski definition) is 1. The highest BCUT2D eigenvalue weighted by atomic mass is 16.5. The maximum absolute atomic E-state index is 10.4. The van der Waals surface area contributed by atoms with Gasteiger partial charge in [-0.3, -0.25) is 0 Å². The second-order valence-corrected chi connectivity index (χ2v) is 5.15. The molecule has 3 rings (SSSR count).